The van der Waals surface area contributed by atoms with Crippen LogP contribution in [0.2, 0.25) is 5.02 Å². The lowest BCUT2D eigenvalue weighted by atomic mass is 9.78. The fraction of sp³-hybridized carbons (Fsp3) is 0.400. The lowest BCUT2D eigenvalue weighted by molar-refractivity contribution is -0.118. The molecule has 3 N–H and O–H groups in total. The third-order valence-electron chi connectivity index (χ3n) is 6.64. The number of halogens is 1. The molecule has 0 saturated heterocycles. The molecule has 9 heteroatoms. The molecular weight excluding hydrogens is 458 g/mol. The fourth-order valence-corrected chi connectivity index (χ4v) is 4.98. The number of anilines is 1. The first-order valence-electron chi connectivity index (χ1n) is 11.5. The van der Waals surface area contributed by atoms with Gasteiger partial charge in [0.25, 0.3) is 5.91 Å². The van der Waals surface area contributed by atoms with E-state index < -0.39 is 11.2 Å². The molecule has 1 aromatic carbocycles. The van der Waals surface area contributed by atoms with Gasteiger partial charge in [0.05, 0.1) is 11.3 Å². The standard InChI is InChI=1S/C25H26ClN3O5/c26-17-11-15-1-4-22(31)34-23(15)16(12-17)5-8-25(32)9-6-18(7-10-25)27-13-19-2-3-20-24(28-19)29-21(30)14-33-20/h1-4,11-12,18,27,32H,5-10,13-14H2,(H,28,29,30)/t18-,25-. The second-order valence-electron chi connectivity index (χ2n) is 9.10. The van der Waals surface area contributed by atoms with Crippen molar-refractivity contribution in [2.75, 3.05) is 11.9 Å². The van der Waals surface area contributed by atoms with Crippen molar-refractivity contribution in [2.24, 2.45) is 0 Å². The maximum atomic E-state index is 11.7. The first-order valence-corrected chi connectivity index (χ1v) is 11.9. The van der Waals surface area contributed by atoms with E-state index in [0.717, 1.165) is 29.5 Å². The van der Waals surface area contributed by atoms with Gasteiger partial charge in [-0.05, 0) is 74.4 Å². The number of benzene rings is 1. The maximum Gasteiger partial charge on any atom is 0.336 e. The van der Waals surface area contributed by atoms with E-state index in [-0.39, 0.29) is 18.6 Å². The van der Waals surface area contributed by atoms with Crippen molar-refractivity contribution in [3.05, 3.63) is 63.1 Å². The van der Waals surface area contributed by atoms with Gasteiger partial charge in [0, 0.05) is 29.1 Å². The summed E-state index contributed by atoms with van der Waals surface area (Å²) in [6.45, 7) is 0.582. The van der Waals surface area contributed by atoms with Crippen LogP contribution in [-0.2, 0) is 17.8 Å². The molecule has 1 aliphatic carbocycles. The van der Waals surface area contributed by atoms with Crippen LogP contribution < -0.4 is 21.0 Å². The minimum Gasteiger partial charge on any atom is -0.480 e. The van der Waals surface area contributed by atoms with Crippen LogP contribution in [0, 0.1) is 0 Å². The second kappa shape index (κ2) is 9.37. The Bertz CT molecular complexity index is 1280. The first-order chi connectivity index (χ1) is 16.4. The fourth-order valence-electron chi connectivity index (χ4n) is 4.73. The van der Waals surface area contributed by atoms with E-state index in [4.69, 9.17) is 20.8 Å². The summed E-state index contributed by atoms with van der Waals surface area (Å²) in [4.78, 5) is 27.7. The van der Waals surface area contributed by atoms with E-state index in [1.54, 1.807) is 12.1 Å². The number of hydrogen-bond donors (Lipinski definition) is 3. The highest BCUT2D eigenvalue weighted by atomic mass is 35.5. The Balaban J connectivity index is 1.16. The monoisotopic (exact) mass is 483 g/mol. The number of hydrogen-bond acceptors (Lipinski definition) is 7. The molecule has 0 bridgehead atoms. The molecule has 2 aliphatic rings. The van der Waals surface area contributed by atoms with Gasteiger partial charge in [0.2, 0.25) is 0 Å². The van der Waals surface area contributed by atoms with E-state index in [2.05, 4.69) is 15.6 Å². The summed E-state index contributed by atoms with van der Waals surface area (Å²) >= 11 is 6.25. The van der Waals surface area contributed by atoms with Gasteiger partial charge in [-0.15, -0.1) is 0 Å². The molecule has 1 saturated carbocycles. The molecule has 1 amide bonds. The number of pyridine rings is 1. The van der Waals surface area contributed by atoms with Crippen molar-refractivity contribution in [3.8, 4) is 5.75 Å². The summed E-state index contributed by atoms with van der Waals surface area (Å²) < 4.78 is 10.8. The third kappa shape index (κ3) is 5.09. The first kappa shape index (κ1) is 22.8. The van der Waals surface area contributed by atoms with Gasteiger partial charge in [0.1, 0.15) is 5.58 Å². The SMILES string of the molecule is O=C1COc2ccc(CN[C@H]3CC[C@@](O)(CCc4cc(Cl)cc5ccc(=O)oc45)CC3)nc2N1. The van der Waals surface area contributed by atoms with Crippen LogP contribution in [-0.4, -0.2) is 34.2 Å². The van der Waals surface area contributed by atoms with Gasteiger partial charge in [-0.2, -0.15) is 0 Å². The van der Waals surface area contributed by atoms with Crippen LogP contribution in [0.15, 0.2) is 45.6 Å². The van der Waals surface area contributed by atoms with Crippen molar-refractivity contribution in [3.63, 3.8) is 0 Å². The number of nitrogens with one attached hydrogen (secondary N) is 2. The van der Waals surface area contributed by atoms with Crippen LogP contribution in [0.1, 0.15) is 43.4 Å². The van der Waals surface area contributed by atoms with Gasteiger partial charge in [-0.1, -0.05) is 11.6 Å². The van der Waals surface area contributed by atoms with Gasteiger partial charge in [-0.3, -0.25) is 4.79 Å². The molecule has 178 valence electrons. The molecule has 3 aromatic rings. The zero-order chi connectivity index (χ0) is 23.7. The summed E-state index contributed by atoms with van der Waals surface area (Å²) in [6, 6.07) is 10.6. The lowest BCUT2D eigenvalue weighted by Gasteiger charge is -2.36. The summed E-state index contributed by atoms with van der Waals surface area (Å²) in [7, 11) is 0. The average molecular weight is 484 g/mol. The molecule has 0 spiro atoms. The summed E-state index contributed by atoms with van der Waals surface area (Å²) in [5.74, 6) is 0.834. The molecule has 0 atom stereocenters. The summed E-state index contributed by atoms with van der Waals surface area (Å²) in [5, 5.41) is 18.8. The number of carbonyl (C=O) groups is 1. The van der Waals surface area contributed by atoms with Gasteiger partial charge in [0.15, 0.2) is 18.2 Å². The molecule has 2 aromatic heterocycles. The van der Waals surface area contributed by atoms with Crippen LogP contribution in [0.25, 0.3) is 11.0 Å². The quantitative estimate of drug-likeness (QED) is 0.459. The Morgan fingerprint density at radius 3 is 2.82 bits per heavy atom. The number of rotatable bonds is 6. The van der Waals surface area contributed by atoms with Crippen molar-refractivity contribution in [2.45, 2.75) is 56.7 Å². The molecule has 0 unspecified atom stereocenters. The number of aromatic nitrogens is 1. The lowest BCUT2D eigenvalue weighted by Crippen LogP contribution is -2.41. The van der Waals surface area contributed by atoms with E-state index in [1.165, 1.54) is 6.07 Å². The minimum absolute atomic E-state index is 0.0131. The van der Waals surface area contributed by atoms with E-state index >= 15 is 0 Å². The van der Waals surface area contributed by atoms with E-state index in [9.17, 15) is 14.7 Å². The normalized spacial score (nSPS) is 22.2. The Labute approximate surface area is 201 Å². The molecule has 8 nitrogen and oxygen atoms in total. The smallest absolute Gasteiger partial charge is 0.336 e. The largest absolute Gasteiger partial charge is 0.480 e. The molecule has 1 aliphatic heterocycles. The van der Waals surface area contributed by atoms with Gasteiger partial charge in [-0.25, -0.2) is 9.78 Å². The Hall–Kier alpha value is -2.94. The van der Waals surface area contributed by atoms with E-state index in [1.807, 2.05) is 18.2 Å². The third-order valence-corrected chi connectivity index (χ3v) is 6.86. The minimum atomic E-state index is -0.770. The van der Waals surface area contributed by atoms with Gasteiger partial charge < -0.3 is 24.9 Å². The zero-order valence-corrected chi connectivity index (χ0v) is 19.4. The topological polar surface area (TPSA) is 114 Å². The van der Waals surface area contributed by atoms with Crippen molar-refractivity contribution in [1.82, 2.24) is 10.3 Å². The molecule has 0 radical (unpaired) electrons. The van der Waals surface area contributed by atoms with Crippen LogP contribution in [0.3, 0.4) is 0 Å². The van der Waals surface area contributed by atoms with Crippen molar-refractivity contribution < 1.29 is 19.1 Å². The van der Waals surface area contributed by atoms with Crippen molar-refractivity contribution >= 4 is 34.3 Å². The molecule has 1 fully saturated rings. The number of aryl methyl sites for hydroxylation is 1. The number of ether oxygens (including phenoxy) is 1. The van der Waals surface area contributed by atoms with Crippen LogP contribution in [0.5, 0.6) is 5.75 Å². The molecule has 34 heavy (non-hydrogen) atoms. The number of nitrogens with zero attached hydrogens (tertiary/aromatic N) is 1. The predicted octanol–water partition coefficient (Wildman–Crippen LogP) is 3.57. The highest BCUT2D eigenvalue weighted by molar-refractivity contribution is 6.31. The van der Waals surface area contributed by atoms with Crippen molar-refractivity contribution in [1.29, 1.82) is 0 Å². The highest BCUT2D eigenvalue weighted by Gasteiger charge is 2.33. The predicted molar refractivity (Wildman–Crippen MR) is 128 cm³/mol. The van der Waals surface area contributed by atoms with E-state index in [0.29, 0.717) is 54.4 Å². The van der Waals surface area contributed by atoms with Crippen LogP contribution in [0.4, 0.5) is 5.82 Å². The molecule has 3 heterocycles. The Kier molecular flexibility index (Phi) is 6.29. The number of aliphatic hydroxyl groups is 1. The molecular formula is C25H26ClN3O5. The molecule has 5 rings (SSSR count). The summed E-state index contributed by atoms with van der Waals surface area (Å²) in [6.07, 6.45) is 4.17. The van der Waals surface area contributed by atoms with Gasteiger partial charge >= 0.3 is 5.63 Å². The Morgan fingerprint density at radius 2 is 2.00 bits per heavy atom. The average Bonchev–Trinajstić information content (AvgIpc) is 2.82. The number of amides is 1. The summed E-state index contributed by atoms with van der Waals surface area (Å²) in [5.41, 5.74) is 1.02. The second-order valence-corrected chi connectivity index (χ2v) is 9.54. The highest BCUT2D eigenvalue weighted by Crippen LogP contribution is 2.34. The van der Waals surface area contributed by atoms with Crippen LogP contribution >= 0.6 is 11.6 Å². The number of fused-ring (bicyclic) bond motifs is 2. The zero-order valence-electron chi connectivity index (χ0n) is 18.6. The Morgan fingerprint density at radius 1 is 1.18 bits per heavy atom. The maximum absolute atomic E-state index is 11.7. The number of carbonyl (C=O) groups excluding carboxylic acids is 1.